The minimum Gasteiger partial charge on any atom is -0.483 e. The lowest BCUT2D eigenvalue weighted by Gasteiger charge is -2.11. The van der Waals surface area contributed by atoms with Crippen LogP contribution in [-0.2, 0) is 9.59 Å². The molecule has 0 aliphatic heterocycles. The number of rotatable bonds is 7. The van der Waals surface area contributed by atoms with E-state index in [0.717, 1.165) is 11.1 Å². The summed E-state index contributed by atoms with van der Waals surface area (Å²) in [5, 5.41) is 15.0. The van der Waals surface area contributed by atoms with Gasteiger partial charge >= 0.3 is 0 Å². The molecule has 0 aromatic heterocycles. The zero-order valence-corrected chi connectivity index (χ0v) is 19.8. The first-order valence-corrected chi connectivity index (χ1v) is 10.9. The van der Waals surface area contributed by atoms with Gasteiger partial charge in [-0.1, -0.05) is 36.4 Å². The number of halogens is 1. The molecule has 3 aromatic rings. The van der Waals surface area contributed by atoms with E-state index < -0.39 is 5.91 Å². The number of anilines is 2. The molecule has 3 aromatic carbocycles. The van der Waals surface area contributed by atoms with E-state index in [2.05, 4.69) is 26.6 Å². The maximum absolute atomic E-state index is 12.6. The Morgan fingerprint density at radius 3 is 2.48 bits per heavy atom. The van der Waals surface area contributed by atoms with Gasteiger partial charge in [-0.2, -0.15) is 5.26 Å². The van der Waals surface area contributed by atoms with Crippen LogP contribution in [0.25, 0.3) is 6.08 Å². The minimum absolute atomic E-state index is 0.0290. The van der Waals surface area contributed by atoms with Crippen LogP contribution in [-0.4, -0.2) is 18.4 Å². The molecule has 0 radical (unpaired) electrons. The van der Waals surface area contributed by atoms with Crippen molar-refractivity contribution in [3.8, 4) is 11.8 Å². The minimum atomic E-state index is -0.486. The molecule has 0 fully saturated rings. The summed E-state index contributed by atoms with van der Waals surface area (Å²) in [7, 11) is 0. The molecule has 0 aliphatic carbocycles. The second kappa shape index (κ2) is 11.1. The molecule has 0 spiro atoms. The Morgan fingerprint density at radius 1 is 1.03 bits per heavy atom. The van der Waals surface area contributed by atoms with Crippen molar-refractivity contribution in [3.05, 3.63) is 93.5 Å². The van der Waals surface area contributed by atoms with Crippen molar-refractivity contribution in [3.63, 3.8) is 0 Å². The average Bonchev–Trinajstić information content (AvgIpc) is 2.80. The summed E-state index contributed by atoms with van der Waals surface area (Å²) in [6, 6.07) is 21.8. The number of hydrogen-bond acceptors (Lipinski definition) is 4. The number of carbonyl (C=O) groups excluding carboxylic acids is 2. The third kappa shape index (κ3) is 6.55. The lowest BCUT2D eigenvalue weighted by molar-refractivity contribution is -0.118. The smallest absolute Gasteiger partial charge is 0.266 e. The van der Waals surface area contributed by atoms with Crippen LogP contribution in [0.3, 0.4) is 0 Å². The maximum Gasteiger partial charge on any atom is 0.266 e. The highest BCUT2D eigenvalue weighted by atomic mass is 79.9. The van der Waals surface area contributed by atoms with E-state index in [4.69, 9.17) is 4.74 Å². The zero-order valence-electron chi connectivity index (χ0n) is 18.2. The molecule has 33 heavy (non-hydrogen) atoms. The van der Waals surface area contributed by atoms with Gasteiger partial charge in [-0.05, 0) is 82.9 Å². The highest BCUT2D eigenvalue weighted by Gasteiger charge is 2.12. The second-order valence-corrected chi connectivity index (χ2v) is 8.12. The molecule has 3 rings (SSSR count). The Hall–Kier alpha value is -3.89. The molecule has 0 bridgehead atoms. The first kappa shape index (κ1) is 23.8. The fourth-order valence-corrected chi connectivity index (χ4v) is 3.49. The second-order valence-electron chi connectivity index (χ2n) is 7.26. The molecule has 2 N–H and O–H groups in total. The number of benzene rings is 3. The predicted molar refractivity (Wildman–Crippen MR) is 133 cm³/mol. The summed E-state index contributed by atoms with van der Waals surface area (Å²) in [4.78, 5) is 24.7. The molecule has 166 valence electrons. The van der Waals surface area contributed by atoms with E-state index in [1.165, 1.54) is 6.08 Å². The highest BCUT2D eigenvalue weighted by molar-refractivity contribution is 9.10. The normalized spacial score (nSPS) is 10.8. The Morgan fingerprint density at radius 2 is 1.79 bits per heavy atom. The number of amides is 2. The molecular weight excluding hydrogens is 482 g/mol. The molecule has 2 amide bonds. The monoisotopic (exact) mass is 503 g/mol. The SMILES string of the molecule is Cc1cccc(NC(=O)/C(C#N)=C/c2ccc(OCC(=O)Nc3ccccc3)c(Br)c2)c1C. The number of carbonyl (C=O) groups is 2. The van der Waals surface area contributed by atoms with Crippen LogP contribution in [0, 0.1) is 25.2 Å². The molecule has 0 saturated heterocycles. The summed E-state index contributed by atoms with van der Waals surface area (Å²) >= 11 is 3.41. The molecule has 0 atom stereocenters. The fraction of sp³-hybridized carbons (Fsp3) is 0.115. The first-order chi connectivity index (χ1) is 15.9. The van der Waals surface area contributed by atoms with Crippen molar-refractivity contribution in [1.82, 2.24) is 0 Å². The topological polar surface area (TPSA) is 91.2 Å². The van der Waals surface area contributed by atoms with Crippen molar-refractivity contribution in [2.24, 2.45) is 0 Å². The van der Waals surface area contributed by atoms with E-state index in [-0.39, 0.29) is 18.1 Å². The molecule has 0 saturated carbocycles. The van der Waals surface area contributed by atoms with E-state index in [1.54, 1.807) is 36.4 Å². The van der Waals surface area contributed by atoms with Crippen molar-refractivity contribution < 1.29 is 14.3 Å². The molecule has 7 heteroatoms. The van der Waals surface area contributed by atoms with Gasteiger partial charge in [0.25, 0.3) is 11.8 Å². The van der Waals surface area contributed by atoms with Gasteiger partial charge in [0.2, 0.25) is 0 Å². The van der Waals surface area contributed by atoms with Crippen molar-refractivity contribution in [2.45, 2.75) is 13.8 Å². The third-order valence-electron chi connectivity index (χ3n) is 4.90. The third-order valence-corrected chi connectivity index (χ3v) is 5.52. The largest absolute Gasteiger partial charge is 0.483 e. The predicted octanol–water partition coefficient (Wildman–Crippen LogP) is 5.63. The van der Waals surface area contributed by atoms with Gasteiger partial charge in [0.15, 0.2) is 6.61 Å². The number of ether oxygens (including phenoxy) is 1. The zero-order chi connectivity index (χ0) is 23.8. The lowest BCUT2D eigenvalue weighted by Crippen LogP contribution is -2.20. The fourth-order valence-electron chi connectivity index (χ4n) is 2.98. The Balaban J connectivity index is 1.66. The standard InChI is InChI=1S/C26H22BrN3O3/c1-17-7-6-10-23(18(17)2)30-26(32)20(15-28)13-19-11-12-24(22(27)14-19)33-16-25(31)29-21-8-4-3-5-9-21/h3-14H,16H2,1-2H3,(H,29,31)(H,30,32)/b20-13+. The number of nitriles is 1. The van der Waals surface area contributed by atoms with Crippen LogP contribution in [0.1, 0.15) is 16.7 Å². The van der Waals surface area contributed by atoms with Gasteiger partial charge in [0.1, 0.15) is 17.4 Å². The summed E-state index contributed by atoms with van der Waals surface area (Å²) in [6.45, 7) is 3.71. The first-order valence-electron chi connectivity index (χ1n) is 10.1. The molecule has 0 aliphatic rings. The Kier molecular flexibility index (Phi) is 8.01. The number of aryl methyl sites for hydroxylation is 1. The van der Waals surface area contributed by atoms with E-state index in [1.807, 2.05) is 50.2 Å². The van der Waals surface area contributed by atoms with E-state index in [0.29, 0.717) is 27.2 Å². The van der Waals surface area contributed by atoms with Crippen LogP contribution in [0.15, 0.2) is 76.8 Å². The summed E-state index contributed by atoms with van der Waals surface area (Å²) in [5.41, 5.74) is 3.96. The number of nitrogens with zero attached hydrogens (tertiary/aromatic N) is 1. The quantitative estimate of drug-likeness (QED) is 0.322. The number of para-hydroxylation sites is 1. The van der Waals surface area contributed by atoms with Crippen LogP contribution in [0.2, 0.25) is 0 Å². The van der Waals surface area contributed by atoms with Crippen molar-refractivity contribution in [2.75, 3.05) is 17.2 Å². The van der Waals surface area contributed by atoms with Gasteiger partial charge in [0.05, 0.1) is 4.47 Å². The van der Waals surface area contributed by atoms with Gasteiger partial charge in [0, 0.05) is 11.4 Å². The van der Waals surface area contributed by atoms with Gasteiger partial charge in [-0.25, -0.2) is 0 Å². The average molecular weight is 504 g/mol. The summed E-state index contributed by atoms with van der Waals surface area (Å²) in [5.74, 6) is -0.305. The van der Waals surface area contributed by atoms with Crippen LogP contribution in [0.5, 0.6) is 5.75 Å². The molecule has 0 unspecified atom stereocenters. The molecule has 0 heterocycles. The summed E-state index contributed by atoms with van der Waals surface area (Å²) < 4.78 is 6.18. The Labute approximate surface area is 201 Å². The van der Waals surface area contributed by atoms with Crippen molar-refractivity contribution in [1.29, 1.82) is 5.26 Å². The highest BCUT2D eigenvalue weighted by Crippen LogP contribution is 2.27. The lowest BCUT2D eigenvalue weighted by atomic mass is 10.1. The van der Waals surface area contributed by atoms with Crippen LogP contribution in [0.4, 0.5) is 11.4 Å². The van der Waals surface area contributed by atoms with Gasteiger partial charge in [-0.15, -0.1) is 0 Å². The maximum atomic E-state index is 12.6. The van der Waals surface area contributed by atoms with Gasteiger partial charge in [-0.3, -0.25) is 9.59 Å². The molecule has 6 nitrogen and oxygen atoms in total. The van der Waals surface area contributed by atoms with E-state index >= 15 is 0 Å². The number of nitrogens with one attached hydrogen (secondary N) is 2. The summed E-state index contributed by atoms with van der Waals surface area (Å²) in [6.07, 6.45) is 1.50. The molecular formula is C26H22BrN3O3. The van der Waals surface area contributed by atoms with E-state index in [9.17, 15) is 14.9 Å². The van der Waals surface area contributed by atoms with Crippen LogP contribution >= 0.6 is 15.9 Å². The van der Waals surface area contributed by atoms with Gasteiger partial charge < -0.3 is 15.4 Å². The van der Waals surface area contributed by atoms with Crippen molar-refractivity contribution >= 4 is 45.2 Å². The number of hydrogen-bond donors (Lipinski definition) is 2. The Bertz CT molecular complexity index is 1250. The van der Waals surface area contributed by atoms with Crippen LogP contribution < -0.4 is 15.4 Å².